The Balaban J connectivity index is 2.67. The lowest BCUT2D eigenvalue weighted by Gasteiger charge is -1.99. The van der Waals surface area contributed by atoms with Crippen molar-refractivity contribution in [1.82, 2.24) is 5.43 Å². The van der Waals surface area contributed by atoms with Crippen molar-refractivity contribution < 1.29 is 4.79 Å². The average molecular weight is 127 g/mol. The molecule has 1 aliphatic rings. The summed E-state index contributed by atoms with van der Waals surface area (Å²) >= 11 is 0. The van der Waals surface area contributed by atoms with E-state index in [0.29, 0.717) is 6.54 Å². The Morgan fingerprint density at radius 1 is 1.89 bits per heavy atom. The van der Waals surface area contributed by atoms with Crippen molar-refractivity contribution in [3.8, 4) is 0 Å². The van der Waals surface area contributed by atoms with Gasteiger partial charge in [-0.2, -0.15) is 5.10 Å². The summed E-state index contributed by atoms with van der Waals surface area (Å²) in [5.74, 6) is -0.278. The SMILES string of the molecule is CC1=NNC(=O)C1CN. The molecule has 0 fully saturated rings. The van der Waals surface area contributed by atoms with Crippen LogP contribution in [-0.2, 0) is 4.79 Å². The molecule has 0 aromatic carbocycles. The van der Waals surface area contributed by atoms with Crippen molar-refractivity contribution in [3.05, 3.63) is 0 Å². The highest BCUT2D eigenvalue weighted by Crippen LogP contribution is 2.03. The van der Waals surface area contributed by atoms with Crippen molar-refractivity contribution in [2.75, 3.05) is 6.54 Å². The fourth-order valence-corrected chi connectivity index (χ4v) is 0.766. The molecule has 1 aliphatic heterocycles. The van der Waals surface area contributed by atoms with E-state index < -0.39 is 0 Å². The van der Waals surface area contributed by atoms with Crippen LogP contribution in [-0.4, -0.2) is 18.2 Å². The predicted octanol–water partition coefficient (Wildman–Crippen LogP) is -0.933. The summed E-state index contributed by atoms with van der Waals surface area (Å²) in [6.45, 7) is 2.14. The smallest absolute Gasteiger partial charge is 0.250 e. The highest BCUT2D eigenvalue weighted by molar-refractivity contribution is 6.07. The summed E-state index contributed by atoms with van der Waals surface area (Å²) in [7, 11) is 0. The van der Waals surface area contributed by atoms with E-state index >= 15 is 0 Å². The molecule has 0 aromatic heterocycles. The molecule has 4 heteroatoms. The molecular formula is C5H9N3O. The first kappa shape index (κ1) is 6.22. The Kier molecular flexibility index (Phi) is 1.48. The van der Waals surface area contributed by atoms with Gasteiger partial charge in [-0.25, -0.2) is 5.43 Å². The number of nitrogens with zero attached hydrogens (tertiary/aromatic N) is 1. The van der Waals surface area contributed by atoms with Gasteiger partial charge in [-0.1, -0.05) is 0 Å². The van der Waals surface area contributed by atoms with Gasteiger partial charge in [0.2, 0.25) is 5.91 Å². The van der Waals surface area contributed by atoms with Crippen LogP contribution in [0.15, 0.2) is 5.10 Å². The highest BCUT2D eigenvalue weighted by atomic mass is 16.2. The van der Waals surface area contributed by atoms with Crippen LogP contribution in [0.1, 0.15) is 6.92 Å². The number of rotatable bonds is 1. The minimum atomic E-state index is -0.190. The largest absolute Gasteiger partial charge is 0.329 e. The van der Waals surface area contributed by atoms with Crippen molar-refractivity contribution in [3.63, 3.8) is 0 Å². The molecule has 0 aliphatic carbocycles. The van der Waals surface area contributed by atoms with Crippen LogP contribution in [0.25, 0.3) is 0 Å². The third-order valence-electron chi connectivity index (χ3n) is 1.40. The third kappa shape index (κ3) is 0.929. The van der Waals surface area contributed by atoms with Crippen LogP contribution in [0, 0.1) is 5.92 Å². The maximum atomic E-state index is 10.7. The van der Waals surface area contributed by atoms with Crippen molar-refractivity contribution >= 4 is 11.6 Å². The quantitative estimate of drug-likeness (QED) is 0.477. The van der Waals surface area contributed by atoms with Gasteiger partial charge >= 0.3 is 0 Å². The Hall–Kier alpha value is -0.900. The van der Waals surface area contributed by atoms with E-state index in [-0.39, 0.29) is 11.8 Å². The fraction of sp³-hybridized carbons (Fsp3) is 0.600. The lowest BCUT2D eigenvalue weighted by Crippen LogP contribution is -2.29. The Morgan fingerprint density at radius 2 is 2.56 bits per heavy atom. The molecule has 1 heterocycles. The zero-order valence-electron chi connectivity index (χ0n) is 5.22. The number of nitrogens with one attached hydrogen (secondary N) is 1. The van der Waals surface area contributed by atoms with E-state index in [1.165, 1.54) is 0 Å². The van der Waals surface area contributed by atoms with E-state index in [9.17, 15) is 4.79 Å². The van der Waals surface area contributed by atoms with E-state index in [0.717, 1.165) is 5.71 Å². The van der Waals surface area contributed by atoms with Crippen molar-refractivity contribution in [2.45, 2.75) is 6.92 Å². The monoisotopic (exact) mass is 127 g/mol. The maximum Gasteiger partial charge on any atom is 0.250 e. The molecule has 4 nitrogen and oxygen atoms in total. The Labute approximate surface area is 53.1 Å². The second-order valence-electron chi connectivity index (χ2n) is 2.02. The fourth-order valence-electron chi connectivity index (χ4n) is 0.766. The highest BCUT2D eigenvalue weighted by Gasteiger charge is 2.24. The Morgan fingerprint density at radius 3 is 2.78 bits per heavy atom. The first-order valence-electron chi connectivity index (χ1n) is 2.80. The number of hydrogen-bond donors (Lipinski definition) is 2. The van der Waals surface area contributed by atoms with Crippen LogP contribution in [0.4, 0.5) is 0 Å². The summed E-state index contributed by atoms with van der Waals surface area (Å²) in [6, 6.07) is 0. The van der Waals surface area contributed by atoms with Crippen LogP contribution < -0.4 is 11.2 Å². The van der Waals surface area contributed by atoms with Gasteiger partial charge in [-0.15, -0.1) is 0 Å². The van der Waals surface area contributed by atoms with Gasteiger partial charge in [0.25, 0.3) is 0 Å². The number of hydrogen-bond acceptors (Lipinski definition) is 3. The van der Waals surface area contributed by atoms with Gasteiger partial charge in [0, 0.05) is 12.3 Å². The second-order valence-corrected chi connectivity index (χ2v) is 2.02. The van der Waals surface area contributed by atoms with Crippen LogP contribution >= 0.6 is 0 Å². The van der Waals surface area contributed by atoms with E-state index in [1.807, 2.05) is 0 Å². The number of carbonyl (C=O) groups is 1. The standard InChI is InChI=1S/C5H9N3O/c1-3-4(2-6)5(9)8-7-3/h4H,2,6H2,1H3,(H,8,9). The van der Waals surface area contributed by atoms with Gasteiger partial charge in [0.15, 0.2) is 0 Å². The minimum absolute atomic E-state index is 0.0880. The number of nitrogens with two attached hydrogens (primary N) is 1. The summed E-state index contributed by atoms with van der Waals surface area (Å²) in [4.78, 5) is 10.7. The van der Waals surface area contributed by atoms with E-state index in [2.05, 4.69) is 10.5 Å². The molecule has 0 radical (unpaired) electrons. The minimum Gasteiger partial charge on any atom is -0.329 e. The number of hydrazone groups is 1. The van der Waals surface area contributed by atoms with Crippen molar-refractivity contribution in [1.29, 1.82) is 0 Å². The molecule has 9 heavy (non-hydrogen) atoms. The molecule has 1 unspecified atom stereocenters. The van der Waals surface area contributed by atoms with E-state index in [4.69, 9.17) is 5.73 Å². The Bertz CT molecular complexity index is 164. The molecule has 0 spiro atoms. The van der Waals surface area contributed by atoms with Crippen LogP contribution in [0.2, 0.25) is 0 Å². The lowest BCUT2D eigenvalue weighted by atomic mass is 10.1. The van der Waals surface area contributed by atoms with Gasteiger partial charge < -0.3 is 5.73 Å². The molecule has 0 aromatic rings. The molecule has 0 bridgehead atoms. The first-order chi connectivity index (χ1) is 4.25. The number of amides is 1. The zero-order valence-corrected chi connectivity index (χ0v) is 5.22. The average Bonchev–Trinajstić information content (AvgIpc) is 2.12. The topological polar surface area (TPSA) is 67.5 Å². The summed E-state index contributed by atoms with van der Waals surface area (Å²) in [6.07, 6.45) is 0. The molecule has 3 N–H and O–H groups in total. The zero-order chi connectivity index (χ0) is 6.85. The summed E-state index contributed by atoms with van der Waals surface area (Å²) in [5, 5.41) is 3.71. The third-order valence-corrected chi connectivity index (χ3v) is 1.40. The molecule has 1 atom stereocenters. The normalized spacial score (nSPS) is 25.8. The number of carbonyl (C=O) groups excluding carboxylic acids is 1. The first-order valence-corrected chi connectivity index (χ1v) is 2.80. The molecule has 1 rings (SSSR count). The molecule has 50 valence electrons. The lowest BCUT2D eigenvalue weighted by molar-refractivity contribution is -0.121. The van der Waals surface area contributed by atoms with Crippen LogP contribution in [0.3, 0.4) is 0 Å². The summed E-state index contributed by atoms with van der Waals surface area (Å²) in [5.41, 5.74) is 8.39. The summed E-state index contributed by atoms with van der Waals surface area (Å²) < 4.78 is 0. The van der Waals surface area contributed by atoms with Gasteiger partial charge in [0.1, 0.15) is 0 Å². The van der Waals surface area contributed by atoms with E-state index in [1.54, 1.807) is 6.92 Å². The van der Waals surface area contributed by atoms with Crippen LogP contribution in [0.5, 0.6) is 0 Å². The molecule has 1 amide bonds. The maximum absolute atomic E-state index is 10.7. The van der Waals surface area contributed by atoms with Gasteiger partial charge in [0.05, 0.1) is 5.92 Å². The molecular weight excluding hydrogens is 118 g/mol. The van der Waals surface area contributed by atoms with Gasteiger partial charge in [-0.05, 0) is 6.92 Å². The van der Waals surface area contributed by atoms with Gasteiger partial charge in [-0.3, -0.25) is 4.79 Å². The van der Waals surface area contributed by atoms with Crippen molar-refractivity contribution in [2.24, 2.45) is 16.8 Å². The molecule has 0 saturated carbocycles. The predicted molar refractivity (Wildman–Crippen MR) is 33.8 cm³/mol. The second kappa shape index (κ2) is 2.14. The molecule has 0 saturated heterocycles.